The van der Waals surface area contributed by atoms with Crippen molar-refractivity contribution >= 4 is 22.6 Å². The Morgan fingerprint density at radius 1 is 0.750 bits per heavy atom. The van der Waals surface area contributed by atoms with Crippen molar-refractivity contribution < 1.29 is 22.2 Å². The second-order valence-electron chi connectivity index (χ2n) is 4.13. The van der Waals surface area contributed by atoms with Crippen molar-refractivity contribution in [2.45, 2.75) is 6.10 Å². The van der Waals surface area contributed by atoms with E-state index in [1.807, 2.05) is 82.1 Å². The van der Waals surface area contributed by atoms with E-state index in [0.717, 1.165) is 11.5 Å². The van der Waals surface area contributed by atoms with Gasteiger partial charge in [-0.15, -0.1) is 0 Å². The molecule has 1 N–H and O–H groups in total. The van der Waals surface area contributed by atoms with Crippen molar-refractivity contribution in [3.63, 3.8) is 0 Å². The molecule has 0 unspecified atom stereocenters. The maximum Gasteiger partial charge on any atom is 2.00 e. The first-order valence-electron chi connectivity index (χ1n) is 6.09. The van der Waals surface area contributed by atoms with Crippen LogP contribution in [0, 0.1) is 67.3 Å². The minimum absolute atomic E-state index is 0. The van der Waals surface area contributed by atoms with Crippen LogP contribution in [0.15, 0.2) is 24.3 Å². The number of hydrogen-bond acceptors (Lipinski definition) is 1. The van der Waals surface area contributed by atoms with Crippen molar-refractivity contribution in [3.8, 4) is 0 Å². The second-order valence-corrected chi connectivity index (χ2v) is 5.38. The predicted octanol–water partition coefficient (Wildman–Crippen LogP) is 3.75. The molecule has 0 heterocycles. The summed E-state index contributed by atoms with van der Waals surface area (Å²) in [5, 5.41) is 9.97. The van der Waals surface area contributed by atoms with Crippen LogP contribution in [0.5, 0.6) is 0 Å². The molecule has 1 aromatic carbocycles. The van der Waals surface area contributed by atoms with Gasteiger partial charge in [0.15, 0.2) is 0 Å². The van der Waals surface area contributed by atoms with Crippen LogP contribution >= 0.6 is 22.6 Å². The zero-order chi connectivity index (χ0) is 13.5. The number of aliphatic hydroxyl groups excluding tert-OH is 1. The molecule has 1 atom stereocenters. The summed E-state index contributed by atoms with van der Waals surface area (Å²) in [6.45, 7) is 0. The summed E-state index contributed by atoms with van der Waals surface area (Å²) in [6, 6.07) is 7.92. The molecular formula is C17H15FeIO+2. The van der Waals surface area contributed by atoms with Crippen LogP contribution in [0.3, 0.4) is 0 Å². The van der Waals surface area contributed by atoms with Crippen LogP contribution in [0.2, 0.25) is 0 Å². The quantitative estimate of drug-likeness (QED) is 0.574. The van der Waals surface area contributed by atoms with Crippen LogP contribution < -0.4 is 0 Å². The summed E-state index contributed by atoms with van der Waals surface area (Å²) in [4.78, 5) is 0. The molecule has 0 aromatic heterocycles. The second kappa shape index (κ2) is 10.2. The van der Waals surface area contributed by atoms with E-state index in [1.54, 1.807) is 0 Å². The van der Waals surface area contributed by atoms with Crippen molar-refractivity contribution in [1.82, 2.24) is 0 Å². The molecule has 1 nitrogen and oxygen atoms in total. The Balaban J connectivity index is 0.000000283. The Morgan fingerprint density at radius 2 is 1.20 bits per heavy atom. The molecule has 0 amide bonds. The summed E-state index contributed by atoms with van der Waals surface area (Å²) in [7, 11) is 0. The summed E-state index contributed by atoms with van der Waals surface area (Å²) >= 11 is 2.25. The number of rotatable bonds is 2. The van der Waals surface area contributed by atoms with Gasteiger partial charge in [-0.2, -0.15) is 0 Å². The van der Waals surface area contributed by atoms with Gasteiger partial charge in [0.25, 0.3) is 0 Å². The molecule has 3 heteroatoms. The number of hydrogen-bond donors (Lipinski definition) is 1. The van der Waals surface area contributed by atoms with Crippen molar-refractivity contribution in [3.05, 3.63) is 97.1 Å². The summed E-state index contributed by atoms with van der Waals surface area (Å²) < 4.78 is 1.18. The van der Waals surface area contributed by atoms with Gasteiger partial charge in [-0.25, -0.2) is 0 Å². The standard InChI is InChI=1S/C12H10IO.C5H5.Fe/c13-11-7-5-10(6-8-11)12(14)9-3-1-2-4-9;1-2-4-5-3-1;/h1-8,12,14H;1-5H;/q;;+2/t12-;;/m0../s1. The molecule has 20 heavy (non-hydrogen) atoms. The maximum atomic E-state index is 9.97. The Hall–Kier alpha value is 0.429. The first-order valence-corrected chi connectivity index (χ1v) is 7.17. The molecule has 2 aliphatic rings. The van der Waals surface area contributed by atoms with Gasteiger partial charge >= 0.3 is 17.1 Å². The fourth-order valence-corrected chi connectivity index (χ4v) is 2.09. The Morgan fingerprint density at radius 3 is 1.65 bits per heavy atom. The topological polar surface area (TPSA) is 20.2 Å². The fraction of sp³-hybridized carbons (Fsp3) is 0.0588. The summed E-state index contributed by atoms with van der Waals surface area (Å²) in [6.07, 6.45) is 17.2. The van der Waals surface area contributed by atoms with Crippen LogP contribution in [0.4, 0.5) is 0 Å². The smallest absolute Gasteiger partial charge is 0.388 e. The van der Waals surface area contributed by atoms with E-state index in [2.05, 4.69) is 22.6 Å². The van der Waals surface area contributed by atoms with Gasteiger partial charge < -0.3 is 5.11 Å². The molecule has 10 radical (unpaired) electrons. The molecule has 0 aliphatic heterocycles. The third-order valence-electron chi connectivity index (χ3n) is 2.75. The molecule has 2 aliphatic carbocycles. The Kier molecular flexibility index (Phi) is 9.43. The van der Waals surface area contributed by atoms with Gasteiger partial charge in [-0.05, 0) is 98.1 Å². The third-order valence-corrected chi connectivity index (χ3v) is 3.46. The largest absolute Gasteiger partial charge is 2.00 e. The third kappa shape index (κ3) is 6.05. The van der Waals surface area contributed by atoms with Gasteiger partial charge in [-0.3, -0.25) is 0 Å². The molecule has 3 rings (SSSR count). The van der Waals surface area contributed by atoms with E-state index in [0.29, 0.717) is 0 Å². The van der Waals surface area contributed by atoms with Gasteiger partial charge in [0.05, 0.1) is 6.10 Å². The zero-order valence-corrected chi connectivity index (χ0v) is 14.0. The zero-order valence-electron chi connectivity index (χ0n) is 10.8. The number of halogens is 1. The van der Waals surface area contributed by atoms with Crippen LogP contribution in [-0.2, 0) is 17.1 Å². The number of benzene rings is 1. The average molecular weight is 418 g/mol. The molecule has 2 saturated carbocycles. The minimum Gasteiger partial charge on any atom is -0.388 e. The molecule has 0 bridgehead atoms. The summed E-state index contributed by atoms with van der Waals surface area (Å²) in [5.74, 6) is 0.950. The van der Waals surface area contributed by atoms with Gasteiger partial charge in [0.1, 0.15) is 0 Å². The van der Waals surface area contributed by atoms with E-state index in [-0.39, 0.29) is 17.1 Å². The summed E-state index contributed by atoms with van der Waals surface area (Å²) in [5.41, 5.74) is 0.941. The molecule has 2 fully saturated rings. The van der Waals surface area contributed by atoms with Crippen molar-refractivity contribution in [2.24, 2.45) is 0 Å². The maximum absolute atomic E-state index is 9.97. The SMILES string of the molecule is O[C@@H]([C]1[CH][CH][CH][CH]1)c1ccc(I)cc1.[CH]1[CH][CH][CH][CH]1.[Fe+2]. The van der Waals surface area contributed by atoms with Crippen LogP contribution in [0.25, 0.3) is 0 Å². The first-order chi connectivity index (χ1) is 9.27. The van der Waals surface area contributed by atoms with E-state index in [9.17, 15) is 5.11 Å². The van der Waals surface area contributed by atoms with E-state index < -0.39 is 6.10 Å². The van der Waals surface area contributed by atoms with Crippen LogP contribution in [-0.4, -0.2) is 5.11 Å². The monoisotopic (exact) mass is 418 g/mol. The van der Waals surface area contributed by atoms with E-state index >= 15 is 0 Å². The normalized spacial score (nSPS) is 19.9. The molecule has 0 saturated heterocycles. The Bertz CT molecular complexity index is 348. The van der Waals surface area contributed by atoms with E-state index in [1.165, 1.54) is 3.57 Å². The van der Waals surface area contributed by atoms with Crippen LogP contribution in [0.1, 0.15) is 11.7 Å². The first kappa shape index (κ1) is 18.5. The average Bonchev–Trinajstić information content (AvgIpc) is 3.15. The molecular weight excluding hydrogens is 403 g/mol. The van der Waals surface area contributed by atoms with Gasteiger partial charge in [-0.1, -0.05) is 12.1 Å². The predicted molar refractivity (Wildman–Crippen MR) is 86.1 cm³/mol. The molecule has 1 aromatic rings. The molecule has 0 spiro atoms. The van der Waals surface area contributed by atoms with Crippen molar-refractivity contribution in [2.75, 3.05) is 0 Å². The fourth-order valence-electron chi connectivity index (χ4n) is 1.73. The Labute approximate surface area is 147 Å². The molecule has 102 valence electrons. The van der Waals surface area contributed by atoms with Gasteiger partial charge in [0.2, 0.25) is 0 Å². The van der Waals surface area contributed by atoms with Gasteiger partial charge in [0, 0.05) is 9.49 Å². The minimum atomic E-state index is -0.498. The van der Waals surface area contributed by atoms with E-state index in [4.69, 9.17) is 0 Å². The van der Waals surface area contributed by atoms with Crippen molar-refractivity contribution in [1.29, 1.82) is 0 Å². The number of aliphatic hydroxyl groups is 1.